The molecule has 0 saturated carbocycles. The van der Waals surface area contributed by atoms with E-state index in [1.165, 1.54) is 7.11 Å². The van der Waals surface area contributed by atoms with Crippen LogP contribution in [0.1, 0.15) is 37.8 Å². The van der Waals surface area contributed by atoms with Gasteiger partial charge in [-0.1, -0.05) is 12.1 Å². The van der Waals surface area contributed by atoms with Crippen molar-refractivity contribution in [3.63, 3.8) is 0 Å². The number of nitrogens with one attached hydrogen (secondary N) is 1. The molecule has 0 amide bonds. The maximum atomic E-state index is 11.7. The molecule has 0 heterocycles. The number of ether oxygens (including phenoxy) is 2. The molecule has 1 aliphatic carbocycles. The Labute approximate surface area is 119 Å². The number of benzene rings is 1. The van der Waals surface area contributed by atoms with Crippen molar-refractivity contribution in [1.29, 1.82) is 0 Å². The van der Waals surface area contributed by atoms with Crippen LogP contribution in [0.15, 0.2) is 35.5 Å². The Morgan fingerprint density at radius 1 is 1.20 bits per heavy atom. The minimum absolute atomic E-state index is 0.147. The maximum Gasteiger partial charge on any atom is 0.335 e. The average Bonchev–Trinajstić information content (AvgIpc) is 2.94. The average molecular weight is 275 g/mol. The van der Waals surface area contributed by atoms with Crippen molar-refractivity contribution in [2.24, 2.45) is 0 Å². The van der Waals surface area contributed by atoms with Gasteiger partial charge < -0.3 is 14.8 Å². The summed E-state index contributed by atoms with van der Waals surface area (Å²) in [5.74, 6) is 0.628. The van der Waals surface area contributed by atoms with Crippen molar-refractivity contribution in [3.05, 3.63) is 41.1 Å². The summed E-state index contributed by atoms with van der Waals surface area (Å²) in [7, 11) is 3.08. The number of esters is 1. The molecule has 0 spiro atoms. The first-order chi connectivity index (χ1) is 9.65. The first kappa shape index (κ1) is 14.4. The zero-order chi connectivity index (χ0) is 14.5. The highest BCUT2D eigenvalue weighted by atomic mass is 16.5. The van der Waals surface area contributed by atoms with E-state index < -0.39 is 0 Å². The van der Waals surface area contributed by atoms with Crippen LogP contribution in [0.25, 0.3) is 0 Å². The molecular formula is C16H21NO3. The number of carbonyl (C=O) groups excluding carboxylic acids is 1. The summed E-state index contributed by atoms with van der Waals surface area (Å²) in [5, 5.41) is 3.44. The summed E-state index contributed by atoms with van der Waals surface area (Å²) < 4.78 is 9.98. The van der Waals surface area contributed by atoms with Gasteiger partial charge in [-0.05, 0) is 43.9 Å². The third-order valence-corrected chi connectivity index (χ3v) is 3.66. The van der Waals surface area contributed by atoms with E-state index in [4.69, 9.17) is 9.47 Å². The van der Waals surface area contributed by atoms with Crippen molar-refractivity contribution in [3.8, 4) is 5.75 Å². The zero-order valence-corrected chi connectivity index (χ0v) is 12.2. The van der Waals surface area contributed by atoms with Crippen molar-refractivity contribution < 1.29 is 14.3 Å². The molecule has 1 aromatic carbocycles. The van der Waals surface area contributed by atoms with Crippen LogP contribution in [0.2, 0.25) is 0 Å². The lowest BCUT2D eigenvalue weighted by Crippen LogP contribution is -2.20. The lowest BCUT2D eigenvalue weighted by Gasteiger charge is -2.18. The van der Waals surface area contributed by atoms with Crippen LogP contribution < -0.4 is 10.1 Å². The second-order valence-corrected chi connectivity index (χ2v) is 4.94. The molecule has 0 aromatic heterocycles. The fourth-order valence-electron chi connectivity index (χ4n) is 2.49. The standard InChI is InChI=1S/C16H21NO3/c1-11(12-7-9-13(19-2)10-8-12)17-15-6-4-5-14(15)16(18)20-3/h7-11,17H,4-6H2,1-3H3. The second-order valence-electron chi connectivity index (χ2n) is 4.94. The third kappa shape index (κ3) is 3.13. The molecule has 0 saturated heterocycles. The molecule has 1 N–H and O–H groups in total. The molecule has 1 aliphatic rings. The van der Waals surface area contributed by atoms with Gasteiger partial charge in [-0.15, -0.1) is 0 Å². The van der Waals surface area contributed by atoms with Crippen molar-refractivity contribution in [1.82, 2.24) is 5.32 Å². The van der Waals surface area contributed by atoms with Crippen LogP contribution in [0.5, 0.6) is 5.75 Å². The molecule has 1 unspecified atom stereocenters. The highest BCUT2D eigenvalue weighted by Gasteiger charge is 2.22. The largest absolute Gasteiger partial charge is 0.497 e. The normalized spacial score (nSPS) is 15.9. The lowest BCUT2D eigenvalue weighted by molar-refractivity contribution is -0.136. The van der Waals surface area contributed by atoms with E-state index in [0.29, 0.717) is 0 Å². The van der Waals surface area contributed by atoms with Gasteiger partial charge in [-0.2, -0.15) is 0 Å². The Morgan fingerprint density at radius 3 is 2.50 bits per heavy atom. The first-order valence-corrected chi connectivity index (χ1v) is 6.86. The minimum atomic E-state index is -0.216. The van der Waals surface area contributed by atoms with Gasteiger partial charge in [0.15, 0.2) is 0 Å². The van der Waals surface area contributed by atoms with Crippen molar-refractivity contribution in [2.75, 3.05) is 14.2 Å². The maximum absolute atomic E-state index is 11.7. The predicted molar refractivity (Wildman–Crippen MR) is 77.4 cm³/mol. The number of hydrogen-bond acceptors (Lipinski definition) is 4. The summed E-state index contributed by atoms with van der Waals surface area (Å²) >= 11 is 0. The summed E-state index contributed by atoms with van der Waals surface area (Å²) in [6.07, 6.45) is 2.71. The van der Waals surface area contributed by atoms with E-state index in [-0.39, 0.29) is 12.0 Å². The fourth-order valence-corrected chi connectivity index (χ4v) is 2.49. The van der Waals surface area contributed by atoms with Crippen LogP contribution in [0.4, 0.5) is 0 Å². The summed E-state index contributed by atoms with van der Waals surface area (Å²) in [6.45, 7) is 2.09. The summed E-state index contributed by atoms with van der Waals surface area (Å²) in [4.78, 5) is 11.7. The molecule has 20 heavy (non-hydrogen) atoms. The monoisotopic (exact) mass is 275 g/mol. The molecule has 108 valence electrons. The Hall–Kier alpha value is -1.97. The van der Waals surface area contributed by atoms with Gasteiger partial charge in [-0.25, -0.2) is 4.79 Å². The number of allylic oxidation sites excluding steroid dienone is 1. The van der Waals surface area contributed by atoms with Crippen LogP contribution in [-0.4, -0.2) is 20.2 Å². The van der Waals surface area contributed by atoms with E-state index in [2.05, 4.69) is 12.2 Å². The quantitative estimate of drug-likeness (QED) is 0.839. The summed E-state index contributed by atoms with van der Waals surface area (Å²) in [6, 6.07) is 8.09. The fraction of sp³-hybridized carbons (Fsp3) is 0.438. The Morgan fingerprint density at radius 2 is 1.90 bits per heavy atom. The molecule has 0 aliphatic heterocycles. The van der Waals surface area contributed by atoms with Crippen LogP contribution in [0, 0.1) is 0 Å². The number of methoxy groups -OCH3 is 2. The molecule has 4 heteroatoms. The Bertz CT molecular complexity index is 505. The van der Waals surface area contributed by atoms with Gasteiger partial charge in [0.1, 0.15) is 5.75 Å². The van der Waals surface area contributed by atoms with E-state index in [9.17, 15) is 4.79 Å². The van der Waals surface area contributed by atoms with E-state index >= 15 is 0 Å². The van der Waals surface area contributed by atoms with Gasteiger partial charge in [0.2, 0.25) is 0 Å². The topological polar surface area (TPSA) is 47.6 Å². The molecular weight excluding hydrogens is 254 g/mol. The van der Waals surface area contributed by atoms with E-state index in [1.807, 2.05) is 24.3 Å². The van der Waals surface area contributed by atoms with Gasteiger partial charge >= 0.3 is 5.97 Å². The van der Waals surface area contributed by atoms with Crippen LogP contribution >= 0.6 is 0 Å². The van der Waals surface area contributed by atoms with Gasteiger partial charge in [-0.3, -0.25) is 0 Å². The smallest absolute Gasteiger partial charge is 0.335 e. The molecule has 0 fully saturated rings. The van der Waals surface area contributed by atoms with Crippen molar-refractivity contribution >= 4 is 5.97 Å². The highest BCUT2D eigenvalue weighted by Crippen LogP contribution is 2.27. The van der Waals surface area contributed by atoms with E-state index in [1.54, 1.807) is 7.11 Å². The molecule has 4 nitrogen and oxygen atoms in total. The molecule has 0 bridgehead atoms. The Kier molecular flexibility index (Phi) is 4.66. The number of hydrogen-bond donors (Lipinski definition) is 1. The van der Waals surface area contributed by atoms with Gasteiger partial charge in [0.25, 0.3) is 0 Å². The Balaban J connectivity index is 2.09. The number of rotatable bonds is 5. The SMILES string of the molecule is COC(=O)C1=C(NC(C)c2ccc(OC)cc2)CCC1. The van der Waals surface area contributed by atoms with Crippen molar-refractivity contribution in [2.45, 2.75) is 32.2 Å². The second kappa shape index (κ2) is 6.46. The molecule has 1 aromatic rings. The molecule has 1 atom stereocenters. The summed E-state index contributed by atoms with van der Waals surface area (Å²) in [5.41, 5.74) is 2.96. The van der Waals surface area contributed by atoms with E-state index in [0.717, 1.165) is 41.8 Å². The van der Waals surface area contributed by atoms with Crippen LogP contribution in [-0.2, 0) is 9.53 Å². The lowest BCUT2D eigenvalue weighted by atomic mass is 10.1. The molecule has 2 rings (SSSR count). The first-order valence-electron chi connectivity index (χ1n) is 6.86. The van der Waals surface area contributed by atoms with Crippen LogP contribution in [0.3, 0.4) is 0 Å². The van der Waals surface area contributed by atoms with Gasteiger partial charge in [0, 0.05) is 11.7 Å². The molecule has 0 radical (unpaired) electrons. The number of carbonyl (C=O) groups is 1. The predicted octanol–water partition coefficient (Wildman–Crippen LogP) is 2.96. The van der Waals surface area contributed by atoms with Gasteiger partial charge in [0.05, 0.1) is 19.8 Å². The zero-order valence-electron chi connectivity index (χ0n) is 12.2. The third-order valence-electron chi connectivity index (χ3n) is 3.66. The highest BCUT2D eigenvalue weighted by molar-refractivity contribution is 5.89. The minimum Gasteiger partial charge on any atom is -0.497 e.